The second-order valence-corrected chi connectivity index (χ2v) is 5.45. The van der Waals surface area contributed by atoms with Gasteiger partial charge in [0.1, 0.15) is 5.75 Å². The molecule has 1 aromatic heterocycles. The average molecular weight is 302 g/mol. The quantitative estimate of drug-likeness (QED) is 0.840. The van der Waals surface area contributed by atoms with Gasteiger partial charge in [-0.2, -0.15) is 4.98 Å². The summed E-state index contributed by atoms with van der Waals surface area (Å²) in [7, 11) is 1.65. The summed E-state index contributed by atoms with van der Waals surface area (Å²) in [4.78, 5) is 9.31. The van der Waals surface area contributed by atoms with Crippen molar-refractivity contribution >= 4 is 0 Å². The van der Waals surface area contributed by atoms with Crippen LogP contribution in [0.2, 0.25) is 0 Å². The topological polar surface area (TPSA) is 54.6 Å². The molecular weight excluding hydrogens is 280 g/mol. The molecule has 0 N–H and O–H groups in total. The van der Waals surface area contributed by atoms with Crippen molar-refractivity contribution in [3.8, 4) is 17.1 Å². The van der Waals surface area contributed by atoms with Crippen LogP contribution >= 0.6 is 0 Å². The molecule has 6 nitrogen and oxygen atoms in total. The van der Waals surface area contributed by atoms with E-state index in [1.54, 1.807) is 7.11 Å². The van der Waals surface area contributed by atoms with Crippen molar-refractivity contribution in [2.24, 2.45) is 0 Å². The third-order valence-corrected chi connectivity index (χ3v) is 4.09. The highest BCUT2D eigenvalue weighted by molar-refractivity contribution is 5.55. The zero-order chi connectivity index (χ0) is 15.4. The van der Waals surface area contributed by atoms with E-state index in [0.717, 1.165) is 50.6 Å². The molecule has 0 atom stereocenters. The van der Waals surface area contributed by atoms with Crippen LogP contribution in [0.5, 0.6) is 5.75 Å². The molecule has 0 radical (unpaired) electrons. The van der Waals surface area contributed by atoms with E-state index >= 15 is 0 Å². The van der Waals surface area contributed by atoms with Crippen LogP contribution in [0.3, 0.4) is 0 Å². The highest BCUT2D eigenvalue weighted by atomic mass is 16.5. The van der Waals surface area contributed by atoms with Crippen LogP contribution in [0.1, 0.15) is 12.8 Å². The van der Waals surface area contributed by atoms with Crippen LogP contribution in [0, 0.1) is 0 Å². The number of nitrogens with zero attached hydrogens (tertiary/aromatic N) is 4. The first kappa shape index (κ1) is 15.0. The summed E-state index contributed by atoms with van der Waals surface area (Å²) < 4.78 is 10.5. The number of likely N-dealkylation sites (N-methyl/N-ethyl adjacent to an activating group) is 1. The number of rotatable bonds is 5. The molecule has 1 fully saturated rings. The number of methoxy groups -OCH3 is 1. The van der Waals surface area contributed by atoms with Gasteiger partial charge in [0.15, 0.2) is 0 Å². The monoisotopic (exact) mass is 302 g/mol. The smallest absolute Gasteiger partial charge is 0.241 e. The van der Waals surface area contributed by atoms with Gasteiger partial charge in [0.05, 0.1) is 13.7 Å². The Morgan fingerprint density at radius 3 is 2.41 bits per heavy atom. The molecule has 2 heterocycles. The Bertz CT molecular complexity index is 588. The fourth-order valence-electron chi connectivity index (χ4n) is 2.63. The Morgan fingerprint density at radius 1 is 1.09 bits per heavy atom. The van der Waals surface area contributed by atoms with Crippen molar-refractivity contribution in [3.63, 3.8) is 0 Å². The molecule has 3 rings (SSSR count). The van der Waals surface area contributed by atoms with Gasteiger partial charge in [-0.05, 0) is 30.8 Å². The Kier molecular flexibility index (Phi) is 4.70. The van der Waals surface area contributed by atoms with Crippen LogP contribution < -0.4 is 4.74 Å². The van der Waals surface area contributed by atoms with Crippen LogP contribution in [0.4, 0.5) is 0 Å². The summed E-state index contributed by atoms with van der Waals surface area (Å²) in [5.41, 5.74) is 0.937. The van der Waals surface area contributed by atoms with E-state index in [4.69, 9.17) is 9.26 Å². The van der Waals surface area contributed by atoms with Gasteiger partial charge in [-0.3, -0.25) is 4.90 Å². The fourth-order valence-corrected chi connectivity index (χ4v) is 2.63. The number of benzene rings is 1. The first-order valence-corrected chi connectivity index (χ1v) is 7.70. The lowest BCUT2D eigenvalue weighted by Crippen LogP contribution is -2.45. The molecule has 1 aliphatic heterocycles. The normalized spacial score (nSPS) is 16.8. The average Bonchev–Trinajstić information content (AvgIpc) is 3.04. The Morgan fingerprint density at radius 2 is 1.77 bits per heavy atom. The summed E-state index contributed by atoms with van der Waals surface area (Å²) in [5.74, 6) is 2.13. The van der Waals surface area contributed by atoms with E-state index in [9.17, 15) is 0 Å². The van der Waals surface area contributed by atoms with Gasteiger partial charge in [-0.1, -0.05) is 12.1 Å². The molecule has 6 heteroatoms. The van der Waals surface area contributed by atoms with Crippen molar-refractivity contribution in [1.82, 2.24) is 19.9 Å². The predicted molar refractivity (Wildman–Crippen MR) is 83.7 cm³/mol. The SMILES string of the molecule is CCN1CCN(Cc2nc(-c3ccc(OC)cc3)no2)CC1. The van der Waals surface area contributed by atoms with Crippen LogP contribution in [-0.4, -0.2) is 59.8 Å². The first-order chi connectivity index (χ1) is 10.8. The van der Waals surface area contributed by atoms with Gasteiger partial charge >= 0.3 is 0 Å². The van der Waals surface area contributed by atoms with Crippen molar-refractivity contribution in [2.75, 3.05) is 39.8 Å². The van der Waals surface area contributed by atoms with Gasteiger partial charge in [0, 0.05) is 31.7 Å². The van der Waals surface area contributed by atoms with Gasteiger partial charge in [0.25, 0.3) is 0 Å². The highest BCUT2D eigenvalue weighted by Crippen LogP contribution is 2.20. The molecule has 0 aliphatic carbocycles. The summed E-state index contributed by atoms with van der Waals surface area (Å²) in [6.07, 6.45) is 0. The Hall–Kier alpha value is -1.92. The molecule has 0 unspecified atom stereocenters. The highest BCUT2D eigenvalue weighted by Gasteiger charge is 2.18. The molecular formula is C16H22N4O2. The molecule has 0 spiro atoms. The van der Waals surface area contributed by atoms with E-state index in [1.165, 1.54) is 0 Å². The third kappa shape index (κ3) is 3.45. The number of aromatic nitrogens is 2. The zero-order valence-corrected chi connectivity index (χ0v) is 13.2. The first-order valence-electron chi connectivity index (χ1n) is 7.70. The number of hydrogen-bond acceptors (Lipinski definition) is 6. The van der Waals surface area contributed by atoms with Crippen molar-refractivity contribution < 1.29 is 9.26 Å². The van der Waals surface area contributed by atoms with E-state index in [-0.39, 0.29) is 0 Å². The van der Waals surface area contributed by atoms with Crippen LogP contribution in [0.25, 0.3) is 11.4 Å². The molecule has 1 aliphatic rings. The Balaban J connectivity index is 1.61. The van der Waals surface area contributed by atoms with Crippen LogP contribution in [-0.2, 0) is 6.54 Å². The van der Waals surface area contributed by atoms with E-state index in [2.05, 4.69) is 26.9 Å². The maximum atomic E-state index is 5.38. The van der Waals surface area contributed by atoms with E-state index in [0.29, 0.717) is 11.7 Å². The van der Waals surface area contributed by atoms with Gasteiger partial charge in [-0.25, -0.2) is 0 Å². The fraction of sp³-hybridized carbons (Fsp3) is 0.500. The number of piperazine rings is 1. The van der Waals surface area contributed by atoms with Gasteiger partial charge in [-0.15, -0.1) is 0 Å². The molecule has 22 heavy (non-hydrogen) atoms. The standard InChI is InChI=1S/C16H22N4O2/c1-3-19-8-10-20(11-9-19)12-15-17-16(18-22-15)13-4-6-14(21-2)7-5-13/h4-7H,3,8-12H2,1-2H3. The zero-order valence-electron chi connectivity index (χ0n) is 13.2. The Labute approximate surface area is 130 Å². The largest absolute Gasteiger partial charge is 0.497 e. The molecule has 1 saturated heterocycles. The summed E-state index contributed by atoms with van der Waals surface area (Å²) in [6, 6.07) is 7.67. The van der Waals surface area contributed by atoms with E-state index in [1.807, 2.05) is 24.3 Å². The minimum atomic E-state index is 0.629. The minimum Gasteiger partial charge on any atom is -0.497 e. The van der Waals surface area contributed by atoms with Gasteiger partial charge < -0.3 is 14.2 Å². The predicted octanol–water partition coefficient (Wildman–Crippen LogP) is 1.88. The minimum absolute atomic E-state index is 0.629. The second-order valence-electron chi connectivity index (χ2n) is 5.45. The number of hydrogen-bond donors (Lipinski definition) is 0. The molecule has 0 saturated carbocycles. The lowest BCUT2D eigenvalue weighted by molar-refractivity contribution is 0.121. The molecule has 118 valence electrons. The summed E-state index contributed by atoms with van der Waals surface area (Å²) in [6.45, 7) is 8.36. The lowest BCUT2D eigenvalue weighted by Gasteiger charge is -2.33. The number of ether oxygens (including phenoxy) is 1. The van der Waals surface area contributed by atoms with Crippen LogP contribution in [0.15, 0.2) is 28.8 Å². The van der Waals surface area contributed by atoms with Crippen molar-refractivity contribution in [1.29, 1.82) is 0 Å². The third-order valence-electron chi connectivity index (χ3n) is 4.09. The molecule has 0 amide bonds. The molecule has 1 aromatic carbocycles. The second kappa shape index (κ2) is 6.89. The van der Waals surface area contributed by atoms with Crippen molar-refractivity contribution in [2.45, 2.75) is 13.5 Å². The molecule has 2 aromatic rings. The lowest BCUT2D eigenvalue weighted by atomic mass is 10.2. The van der Waals surface area contributed by atoms with E-state index < -0.39 is 0 Å². The van der Waals surface area contributed by atoms with Crippen molar-refractivity contribution in [3.05, 3.63) is 30.2 Å². The maximum absolute atomic E-state index is 5.38. The maximum Gasteiger partial charge on any atom is 0.241 e. The summed E-state index contributed by atoms with van der Waals surface area (Å²) in [5, 5.41) is 4.07. The molecule has 0 bridgehead atoms. The van der Waals surface area contributed by atoms with Gasteiger partial charge in [0.2, 0.25) is 11.7 Å². The summed E-state index contributed by atoms with van der Waals surface area (Å²) >= 11 is 0.